The normalized spacial score (nSPS) is 12.2. The van der Waals surface area contributed by atoms with Gasteiger partial charge < -0.3 is 10.1 Å². The Bertz CT molecular complexity index is 894. The second kappa shape index (κ2) is 9.31. The fourth-order valence-electron chi connectivity index (χ4n) is 2.32. The molecule has 2 rings (SSSR count). The first kappa shape index (κ1) is 22.1. The molecule has 0 saturated heterocycles. The van der Waals surface area contributed by atoms with Crippen molar-refractivity contribution in [1.29, 1.82) is 0 Å². The van der Waals surface area contributed by atoms with Gasteiger partial charge in [0.05, 0.1) is 12.0 Å². The largest absolute Gasteiger partial charge is 0.453 e. The van der Waals surface area contributed by atoms with Crippen molar-refractivity contribution >= 4 is 23.3 Å². The van der Waals surface area contributed by atoms with E-state index in [2.05, 4.69) is 5.32 Å². The number of amides is 1. The highest BCUT2D eigenvalue weighted by Crippen LogP contribution is 2.30. The summed E-state index contributed by atoms with van der Waals surface area (Å²) < 4.78 is 55.8. The zero-order valence-corrected chi connectivity index (χ0v) is 15.3. The Kier molecular flexibility index (Phi) is 7.08. The second-order valence-electron chi connectivity index (χ2n) is 6.13. The molecule has 0 spiro atoms. The fraction of sp³-hybridized carbons (Fsp3) is 0.250. The van der Waals surface area contributed by atoms with Gasteiger partial charge in [-0.05, 0) is 49.4 Å². The Hall–Kier alpha value is -3.23. The molecule has 0 aliphatic heterocycles. The number of alkyl halides is 3. The Morgan fingerprint density at radius 3 is 2.31 bits per heavy atom. The third-order valence-corrected chi connectivity index (χ3v) is 3.86. The third kappa shape index (κ3) is 6.70. The van der Waals surface area contributed by atoms with E-state index in [0.717, 1.165) is 30.3 Å². The second-order valence-corrected chi connectivity index (χ2v) is 6.13. The first-order chi connectivity index (χ1) is 13.6. The van der Waals surface area contributed by atoms with E-state index in [9.17, 15) is 31.9 Å². The van der Waals surface area contributed by atoms with E-state index < -0.39 is 41.3 Å². The highest BCUT2D eigenvalue weighted by Gasteiger charge is 2.30. The van der Waals surface area contributed by atoms with Crippen molar-refractivity contribution < 1.29 is 36.7 Å². The van der Waals surface area contributed by atoms with Crippen LogP contribution in [0.3, 0.4) is 0 Å². The summed E-state index contributed by atoms with van der Waals surface area (Å²) in [4.78, 5) is 35.8. The zero-order chi connectivity index (χ0) is 21.6. The molecule has 5 nitrogen and oxygen atoms in total. The van der Waals surface area contributed by atoms with Gasteiger partial charge in [-0.1, -0.05) is 6.07 Å². The van der Waals surface area contributed by atoms with E-state index in [0.29, 0.717) is 0 Å². The van der Waals surface area contributed by atoms with Gasteiger partial charge in [-0.25, -0.2) is 4.39 Å². The number of rotatable bonds is 7. The summed E-state index contributed by atoms with van der Waals surface area (Å²) in [5, 5.41) is 2.24. The van der Waals surface area contributed by atoms with Crippen LogP contribution in [0.4, 0.5) is 23.2 Å². The highest BCUT2D eigenvalue weighted by atomic mass is 19.4. The molecule has 1 N–H and O–H groups in total. The van der Waals surface area contributed by atoms with Gasteiger partial charge in [0.25, 0.3) is 5.91 Å². The molecule has 154 valence electrons. The van der Waals surface area contributed by atoms with Gasteiger partial charge in [-0.15, -0.1) is 0 Å². The maximum absolute atomic E-state index is 12.8. The maximum atomic E-state index is 12.8. The number of ketones is 1. The Balaban J connectivity index is 1.85. The molecule has 0 fully saturated rings. The first-order valence-corrected chi connectivity index (χ1v) is 8.52. The molecule has 0 saturated carbocycles. The van der Waals surface area contributed by atoms with Crippen LogP contribution in [-0.4, -0.2) is 23.8 Å². The minimum absolute atomic E-state index is 0.0980. The van der Waals surface area contributed by atoms with Gasteiger partial charge in [0, 0.05) is 17.7 Å². The molecule has 0 unspecified atom stereocenters. The van der Waals surface area contributed by atoms with E-state index in [1.54, 1.807) is 0 Å². The van der Waals surface area contributed by atoms with Gasteiger partial charge in [-0.2, -0.15) is 13.2 Å². The highest BCUT2D eigenvalue weighted by molar-refractivity contribution is 5.98. The molecule has 0 aromatic heterocycles. The number of ether oxygens (including phenoxy) is 1. The minimum Gasteiger partial charge on any atom is -0.453 e. The number of halogens is 4. The standard InChI is InChI=1S/C20H17F4NO4/c1-12(19(28)25-16-4-2-3-14(11-16)20(22,23)24)29-18(27)10-9-17(26)13-5-7-15(21)8-6-13/h2-8,11-12H,9-10H2,1H3,(H,25,28)/t12-/m1/s1. The lowest BCUT2D eigenvalue weighted by molar-refractivity contribution is -0.153. The van der Waals surface area contributed by atoms with Crippen molar-refractivity contribution in [3.8, 4) is 0 Å². The van der Waals surface area contributed by atoms with Gasteiger partial charge in [0.1, 0.15) is 5.82 Å². The predicted octanol–water partition coefficient (Wildman–Crippen LogP) is 4.38. The lowest BCUT2D eigenvalue weighted by Crippen LogP contribution is -2.30. The molecule has 0 heterocycles. The smallest absolute Gasteiger partial charge is 0.416 e. The van der Waals surface area contributed by atoms with Gasteiger partial charge in [-0.3, -0.25) is 14.4 Å². The Morgan fingerprint density at radius 2 is 1.69 bits per heavy atom. The van der Waals surface area contributed by atoms with Crippen LogP contribution in [-0.2, 0) is 20.5 Å². The number of anilines is 1. The number of hydrogen-bond acceptors (Lipinski definition) is 4. The molecular weight excluding hydrogens is 394 g/mol. The van der Waals surface area contributed by atoms with Gasteiger partial charge in [0.15, 0.2) is 11.9 Å². The molecule has 0 bridgehead atoms. The summed E-state index contributed by atoms with van der Waals surface area (Å²) in [5.74, 6) is -2.54. The predicted molar refractivity (Wildman–Crippen MR) is 95.6 cm³/mol. The molecule has 0 aliphatic carbocycles. The topological polar surface area (TPSA) is 72.5 Å². The number of Topliss-reactive ketones (excluding diaryl/α,β-unsaturated/α-hetero) is 1. The summed E-state index contributed by atoms with van der Waals surface area (Å²) in [6.45, 7) is 1.25. The van der Waals surface area contributed by atoms with Gasteiger partial charge >= 0.3 is 12.1 Å². The van der Waals surface area contributed by atoms with Crippen molar-refractivity contribution in [3.05, 3.63) is 65.5 Å². The number of benzene rings is 2. The fourth-order valence-corrected chi connectivity index (χ4v) is 2.32. The van der Waals surface area contributed by atoms with Crippen molar-refractivity contribution in [2.75, 3.05) is 5.32 Å². The average Bonchev–Trinajstić information content (AvgIpc) is 2.66. The van der Waals surface area contributed by atoms with E-state index in [-0.39, 0.29) is 24.1 Å². The van der Waals surface area contributed by atoms with Crippen LogP contribution in [0.25, 0.3) is 0 Å². The summed E-state index contributed by atoms with van der Waals surface area (Å²) in [6.07, 6.45) is -6.35. The number of carbonyl (C=O) groups is 3. The van der Waals surface area contributed by atoms with Crippen LogP contribution in [0.5, 0.6) is 0 Å². The van der Waals surface area contributed by atoms with E-state index in [1.165, 1.54) is 25.1 Å². The summed E-state index contributed by atoms with van der Waals surface area (Å²) in [5.41, 5.74) is -0.798. The van der Waals surface area contributed by atoms with Crippen LogP contribution in [0.15, 0.2) is 48.5 Å². The number of hydrogen-bond donors (Lipinski definition) is 1. The molecule has 1 atom stereocenters. The average molecular weight is 411 g/mol. The number of esters is 1. The molecule has 0 aliphatic rings. The van der Waals surface area contributed by atoms with Crippen molar-refractivity contribution in [3.63, 3.8) is 0 Å². The van der Waals surface area contributed by atoms with E-state index >= 15 is 0 Å². The minimum atomic E-state index is -4.56. The third-order valence-electron chi connectivity index (χ3n) is 3.86. The van der Waals surface area contributed by atoms with Gasteiger partial charge in [0.2, 0.25) is 0 Å². The van der Waals surface area contributed by atoms with Crippen LogP contribution < -0.4 is 5.32 Å². The quantitative estimate of drug-likeness (QED) is 0.417. The summed E-state index contributed by atoms with van der Waals surface area (Å²) in [6, 6.07) is 8.82. The Labute approximate surface area is 163 Å². The first-order valence-electron chi connectivity index (χ1n) is 8.52. The maximum Gasteiger partial charge on any atom is 0.416 e. The van der Waals surface area contributed by atoms with E-state index in [4.69, 9.17) is 4.74 Å². The molecule has 0 radical (unpaired) electrons. The monoisotopic (exact) mass is 411 g/mol. The molecule has 9 heteroatoms. The molecule has 29 heavy (non-hydrogen) atoms. The van der Waals surface area contributed by atoms with Crippen LogP contribution in [0.2, 0.25) is 0 Å². The lowest BCUT2D eigenvalue weighted by atomic mass is 10.1. The van der Waals surface area contributed by atoms with Crippen LogP contribution in [0, 0.1) is 5.82 Å². The molecular formula is C20H17F4NO4. The number of nitrogens with one attached hydrogen (secondary N) is 1. The molecule has 1 amide bonds. The van der Waals surface area contributed by atoms with Crippen molar-refractivity contribution in [2.45, 2.75) is 32.0 Å². The van der Waals surface area contributed by atoms with Crippen molar-refractivity contribution in [1.82, 2.24) is 0 Å². The molecule has 2 aromatic carbocycles. The summed E-state index contributed by atoms with van der Waals surface area (Å²) in [7, 11) is 0. The Morgan fingerprint density at radius 1 is 1.03 bits per heavy atom. The molecule has 2 aromatic rings. The number of carbonyl (C=O) groups excluding carboxylic acids is 3. The van der Waals surface area contributed by atoms with Crippen LogP contribution in [0.1, 0.15) is 35.7 Å². The SMILES string of the molecule is C[C@@H](OC(=O)CCC(=O)c1ccc(F)cc1)C(=O)Nc1cccc(C(F)(F)F)c1. The van der Waals surface area contributed by atoms with E-state index in [1.807, 2.05) is 0 Å². The zero-order valence-electron chi connectivity index (χ0n) is 15.3. The lowest BCUT2D eigenvalue weighted by Gasteiger charge is -2.14. The van der Waals surface area contributed by atoms with Crippen LogP contribution >= 0.6 is 0 Å². The van der Waals surface area contributed by atoms with Crippen molar-refractivity contribution in [2.24, 2.45) is 0 Å². The summed E-state index contributed by atoms with van der Waals surface area (Å²) >= 11 is 0.